The van der Waals surface area contributed by atoms with E-state index in [-0.39, 0.29) is 12.1 Å². The molecule has 2 bridgehead atoms. The Bertz CT molecular complexity index is 1540. The van der Waals surface area contributed by atoms with Crippen LogP contribution in [-0.4, -0.2) is 46.9 Å². The van der Waals surface area contributed by atoms with Gasteiger partial charge >= 0.3 is 0 Å². The lowest BCUT2D eigenvalue weighted by Crippen LogP contribution is -2.74. The van der Waals surface area contributed by atoms with E-state index < -0.39 is 11.0 Å². The van der Waals surface area contributed by atoms with Crippen molar-refractivity contribution >= 4 is 10.9 Å². The lowest BCUT2D eigenvalue weighted by molar-refractivity contribution is -0.168. The number of benzene rings is 3. The fourth-order valence-corrected chi connectivity index (χ4v) is 8.16. The van der Waals surface area contributed by atoms with Gasteiger partial charge in [0.25, 0.3) is 0 Å². The minimum absolute atomic E-state index is 0.0496. The van der Waals surface area contributed by atoms with Crippen LogP contribution in [0, 0.1) is 0 Å². The number of hydrogen-bond acceptors (Lipinski definition) is 4. The van der Waals surface area contributed by atoms with Crippen molar-refractivity contribution in [1.29, 1.82) is 0 Å². The van der Waals surface area contributed by atoms with Crippen molar-refractivity contribution in [2.75, 3.05) is 20.7 Å². The van der Waals surface area contributed by atoms with E-state index >= 15 is 0 Å². The monoisotopic (exact) mass is 478 g/mol. The molecule has 1 spiro atoms. The van der Waals surface area contributed by atoms with Crippen LogP contribution in [0.4, 0.5) is 0 Å². The summed E-state index contributed by atoms with van der Waals surface area (Å²) in [6, 6.07) is 23.6. The standard InChI is InChI=1S/C31H30N2O3/c1-32-15-14-30-26-20-12-13-24(35-2)28(26)36-29(30)27-22(17-31(30,34)25(32)16-20)21-10-6-7-11-23(21)33(27)18-19-8-4-3-5-9-19/h3-13,25,29,34H,14-18H2,1-2H3/t25?,29?,30-,31+/m0/s1. The summed E-state index contributed by atoms with van der Waals surface area (Å²) in [4.78, 5) is 2.38. The summed E-state index contributed by atoms with van der Waals surface area (Å²) in [7, 11) is 3.88. The highest BCUT2D eigenvalue weighted by molar-refractivity contribution is 5.87. The predicted molar refractivity (Wildman–Crippen MR) is 139 cm³/mol. The van der Waals surface area contributed by atoms with Crippen LogP contribution >= 0.6 is 0 Å². The molecule has 36 heavy (non-hydrogen) atoms. The number of hydrogen-bond donors (Lipinski definition) is 1. The molecule has 1 fully saturated rings. The third-order valence-electron chi connectivity index (χ3n) is 9.68. The topological polar surface area (TPSA) is 46.9 Å². The van der Waals surface area contributed by atoms with E-state index in [1.54, 1.807) is 7.11 Å². The molecule has 0 saturated carbocycles. The van der Waals surface area contributed by atoms with Gasteiger partial charge in [-0.25, -0.2) is 0 Å². The Morgan fingerprint density at radius 3 is 2.69 bits per heavy atom. The second kappa shape index (κ2) is 6.93. The number of ether oxygens (including phenoxy) is 2. The highest BCUT2D eigenvalue weighted by Crippen LogP contribution is 2.69. The Morgan fingerprint density at radius 2 is 1.86 bits per heavy atom. The minimum atomic E-state index is -0.913. The molecule has 1 N–H and O–H groups in total. The summed E-state index contributed by atoms with van der Waals surface area (Å²) in [6.07, 6.45) is 2.06. The number of para-hydroxylation sites is 1. The van der Waals surface area contributed by atoms with Crippen molar-refractivity contribution < 1.29 is 14.6 Å². The fourth-order valence-electron chi connectivity index (χ4n) is 8.16. The van der Waals surface area contributed by atoms with Crippen molar-refractivity contribution in [3.05, 3.63) is 94.7 Å². The van der Waals surface area contributed by atoms with Gasteiger partial charge < -0.3 is 24.0 Å². The van der Waals surface area contributed by atoms with Gasteiger partial charge in [-0.15, -0.1) is 0 Å². The van der Waals surface area contributed by atoms with E-state index in [1.807, 2.05) is 6.07 Å². The molecule has 3 heterocycles. The zero-order valence-electron chi connectivity index (χ0n) is 20.7. The maximum Gasteiger partial charge on any atom is 0.166 e. The Morgan fingerprint density at radius 1 is 1.06 bits per heavy atom. The Labute approximate surface area is 210 Å². The second-order valence-corrected chi connectivity index (χ2v) is 11.1. The van der Waals surface area contributed by atoms with E-state index in [2.05, 4.69) is 77.2 Å². The molecule has 1 aromatic heterocycles. The molecule has 8 rings (SSSR count). The number of piperidine rings is 1. The third-order valence-corrected chi connectivity index (χ3v) is 9.68. The molecule has 2 unspecified atom stereocenters. The number of methoxy groups -OCH3 is 1. The van der Waals surface area contributed by atoms with Gasteiger partial charge in [-0.2, -0.15) is 0 Å². The summed E-state index contributed by atoms with van der Waals surface area (Å²) in [6.45, 7) is 1.71. The van der Waals surface area contributed by atoms with Gasteiger partial charge in [-0.3, -0.25) is 0 Å². The van der Waals surface area contributed by atoms with Crippen molar-refractivity contribution in [3.63, 3.8) is 0 Å². The Balaban J connectivity index is 1.45. The SMILES string of the molecule is COc1ccc2c3c1OC1c4c(c5ccccc5n4Cc4ccccc4)C[C@@]4(O)C(C2)N(C)CC[C@]314. The lowest BCUT2D eigenvalue weighted by Gasteiger charge is -2.62. The number of likely N-dealkylation sites (tertiary alicyclic amines) is 1. The number of aliphatic hydroxyl groups is 1. The first kappa shape index (κ1) is 20.9. The molecule has 182 valence electrons. The molecule has 4 aromatic rings. The highest BCUT2D eigenvalue weighted by atomic mass is 16.5. The largest absolute Gasteiger partial charge is 0.493 e. The molecule has 3 aromatic carbocycles. The number of aromatic nitrogens is 1. The normalized spacial score (nSPS) is 29.5. The maximum absolute atomic E-state index is 12.9. The predicted octanol–water partition coefficient (Wildman–Crippen LogP) is 4.62. The summed E-state index contributed by atoms with van der Waals surface area (Å²) in [5.41, 5.74) is 6.02. The summed E-state index contributed by atoms with van der Waals surface area (Å²) >= 11 is 0. The number of fused-ring (bicyclic) bond motifs is 4. The molecule has 2 aliphatic heterocycles. The maximum atomic E-state index is 12.9. The number of rotatable bonds is 3. The van der Waals surface area contributed by atoms with Crippen LogP contribution in [-0.2, 0) is 24.8 Å². The molecular weight excluding hydrogens is 448 g/mol. The van der Waals surface area contributed by atoms with E-state index in [0.717, 1.165) is 37.4 Å². The van der Waals surface area contributed by atoms with E-state index in [9.17, 15) is 5.11 Å². The van der Waals surface area contributed by atoms with E-state index in [1.165, 1.54) is 38.9 Å². The van der Waals surface area contributed by atoms with Crippen molar-refractivity contribution in [2.24, 2.45) is 0 Å². The number of nitrogens with zero attached hydrogens (tertiary/aromatic N) is 2. The molecular formula is C31H30N2O3. The van der Waals surface area contributed by atoms with Crippen LogP contribution in [0.5, 0.6) is 11.5 Å². The molecule has 4 aliphatic rings. The zero-order valence-corrected chi connectivity index (χ0v) is 20.7. The summed E-state index contributed by atoms with van der Waals surface area (Å²) in [5.74, 6) is 1.61. The first-order valence-electron chi connectivity index (χ1n) is 13.0. The van der Waals surface area contributed by atoms with Crippen LogP contribution in [0.3, 0.4) is 0 Å². The number of likely N-dealkylation sites (N-methyl/N-ethyl adjacent to an activating group) is 1. The molecule has 5 nitrogen and oxygen atoms in total. The van der Waals surface area contributed by atoms with Gasteiger partial charge in [-0.1, -0.05) is 54.6 Å². The van der Waals surface area contributed by atoms with Crippen LogP contribution < -0.4 is 9.47 Å². The molecule has 2 aliphatic carbocycles. The van der Waals surface area contributed by atoms with Gasteiger partial charge in [0.15, 0.2) is 17.6 Å². The van der Waals surface area contributed by atoms with Gasteiger partial charge in [0.2, 0.25) is 0 Å². The molecule has 0 amide bonds. The lowest BCUT2D eigenvalue weighted by atomic mass is 9.49. The van der Waals surface area contributed by atoms with E-state index in [4.69, 9.17) is 9.47 Å². The highest BCUT2D eigenvalue weighted by Gasteiger charge is 2.72. The van der Waals surface area contributed by atoms with Crippen molar-refractivity contribution in [2.45, 2.75) is 49.0 Å². The quantitative estimate of drug-likeness (QED) is 0.467. The van der Waals surface area contributed by atoms with Crippen LogP contribution in [0.2, 0.25) is 0 Å². The van der Waals surface area contributed by atoms with Crippen molar-refractivity contribution in [1.82, 2.24) is 9.47 Å². The summed E-state index contributed by atoms with van der Waals surface area (Å²) in [5, 5.41) is 14.1. The average molecular weight is 479 g/mol. The smallest absolute Gasteiger partial charge is 0.166 e. The first-order chi connectivity index (χ1) is 17.6. The molecule has 5 heteroatoms. The Kier molecular flexibility index (Phi) is 4.02. The average Bonchev–Trinajstić information content (AvgIpc) is 3.39. The van der Waals surface area contributed by atoms with Gasteiger partial charge in [0, 0.05) is 35.5 Å². The van der Waals surface area contributed by atoms with Gasteiger partial charge in [-0.05, 0) is 55.3 Å². The van der Waals surface area contributed by atoms with Gasteiger partial charge in [0.05, 0.1) is 23.8 Å². The van der Waals surface area contributed by atoms with Crippen LogP contribution in [0.15, 0.2) is 66.7 Å². The fraction of sp³-hybridized carbons (Fsp3) is 0.355. The van der Waals surface area contributed by atoms with Crippen molar-refractivity contribution in [3.8, 4) is 11.5 Å². The van der Waals surface area contributed by atoms with E-state index in [0.29, 0.717) is 6.42 Å². The first-order valence-corrected chi connectivity index (χ1v) is 13.0. The van der Waals surface area contributed by atoms with Gasteiger partial charge in [0.1, 0.15) is 0 Å². The third kappa shape index (κ3) is 2.30. The second-order valence-electron chi connectivity index (χ2n) is 11.1. The Hall–Kier alpha value is -3.28. The zero-order chi connectivity index (χ0) is 24.2. The molecule has 0 radical (unpaired) electrons. The molecule has 4 atom stereocenters. The molecule has 1 saturated heterocycles. The minimum Gasteiger partial charge on any atom is -0.493 e. The van der Waals surface area contributed by atoms with Crippen LogP contribution in [0.1, 0.15) is 40.5 Å². The summed E-state index contributed by atoms with van der Waals surface area (Å²) < 4.78 is 15.3. The van der Waals surface area contributed by atoms with Crippen LogP contribution in [0.25, 0.3) is 10.9 Å².